The maximum atomic E-state index is 13.0. The quantitative estimate of drug-likeness (QED) is 0.0523. The number of aromatic nitrogens is 1. The standard InChI is InChI=1S/C39H52NO5P/c1-3-4-5-6-7-8-9-10-11-12-13-14-15-18-30-43-38-27-20-28-39(33(38)2)45-46(41,42)44-36-25-19-22-34(31-36)32-40-29-21-24-35-23-16-17-26-37(35)40/h16-17,19-29,31H,3-15,18,30,32H2,1-2H3/p+1. The Labute approximate surface area is 276 Å². The molecular formula is C39H53NO5P+. The van der Waals surface area contributed by atoms with Gasteiger partial charge >= 0.3 is 7.82 Å². The molecular weight excluding hydrogens is 593 g/mol. The van der Waals surface area contributed by atoms with E-state index in [0.29, 0.717) is 24.5 Å². The number of fused-ring (bicyclic) bond motifs is 1. The molecule has 0 aliphatic rings. The van der Waals surface area contributed by atoms with E-state index in [2.05, 4.69) is 29.7 Å². The summed E-state index contributed by atoms with van der Waals surface area (Å²) in [6, 6.07) is 24.8. The van der Waals surface area contributed by atoms with Gasteiger partial charge in [0.2, 0.25) is 5.52 Å². The van der Waals surface area contributed by atoms with Crippen molar-refractivity contribution in [1.29, 1.82) is 0 Å². The number of hydrogen-bond acceptors (Lipinski definition) is 4. The second kappa shape index (κ2) is 19.4. The lowest BCUT2D eigenvalue weighted by atomic mass is 10.0. The molecule has 248 valence electrons. The van der Waals surface area contributed by atoms with Crippen LogP contribution in [0.25, 0.3) is 10.9 Å². The van der Waals surface area contributed by atoms with Crippen LogP contribution in [0.15, 0.2) is 85.1 Å². The Balaban J connectivity index is 1.17. The van der Waals surface area contributed by atoms with Crippen molar-refractivity contribution in [2.24, 2.45) is 0 Å². The molecule has 1 heterocycles. The Morgan fingerprint density at radius 1 is 0.674 bits per heavy atom. The van der Waals surface area contributed by atoms with E-state index in [1.807, 2.05) is 49.5 Å². The number of unbranched alkanes of at least 4 members (excludes halogenated alkanes) is 13. The highest BCUT2D eigenvalue weighted by Crippen LogP contribution is 2.46. The first-order chi connectivity index (χ1) is 22.4. The zero-order valence-corrected chi connectivity index (χ0v) is 28.8. The Bertz CT molecular complexity index is 1520. The first kappa shape index (κ1) is 35.5. The first-order valence-electron chi connectivity index (χ1n) is 17.4. The topological polar surface area (TPSA) is 68.9 Å². The van der Waals surface area contributed by atoms with E-state index in [9.17, 15) is 9.46 Å². The van der Waals surface area contributed by atoms with E-state index in [1.165, 1.54) is 77.0 Å². The van der Waals surface area contributed by atoms with E-state index in [0.717, 1.165) is 29.3 Å². The molecule has 1 unspecified atom stereocenters. The monoisotopic (exact) mass is 646 g/mol. The maximum absolute atomic E-state index is 13.0. The van der Waals surface area contributed by atoms with Crippen molar-refractivity contribution in [2.75, 3.05) is 6.61 Å². The summed E-state index contributed by atoms with van der Waals surface area (Å²) in [5.41, 5.74) is 2.72. The predicted octanol–water partition coefficient (Wildman–Crippen LogP) is 10.9. The summed E-state index contributed by atoms with van der Waals surface area (Å²) in [5, 5.41) is 1.15. The normalized spacial score (nSPS) is 12.6. The number of benzene rings is 3. The van der Waals surface area contributed by atoms with Gasteiger partial charge in [-0.15, -0.1) is 0 Å². The second-order valence-corrected chi connectivity index (χ2v) is 13.6. The molecule has 0 saturated heterocycles. The lowest BCUT2D eigenvalue weighted by Crippen LogP contribution is -2.34. The number of ether oxygens (including phenoxy) is 1. The number of nitrogens with zero attached hydrogens (tertiary/aromatic N) is 1. The van der Waals surface area contributed by atoms with Gasteiger partial charge in [-0.25, -0.2) is 4.57 Å². The molecule has 7 heteroatoms. The average molecular weight is 647 g/mol. The van der Waals surface area contributed by atoms with Crippen molar-refractivity contribution in [2.45, 2.75) is 110 Å². The van der Waals surface area contributed by atoms with Crippen LogP contribution in [0.3, 0.4) is 0 Å². The molecule has 6 nitrogen and oxygen atoms in total. The zero-order valence-electron chi connectivity index (χ0n) is 27.9. The average Bonchev–Trinajstić information content (AvgIpc) is 3.04. The van der Waals surface area contributed by atoms with Crippen LogP contribution < -0.4 is 18.4 Å². The molecule has 46 heavy (non-hydrogen) atoms. The van der Waals surface area contributed by atoms with E-state index in [4.69, 9.17) is 13.8 Å². The van der Waals surface area contributed by atoms with E-state index in [-0.39, 0.29) is 11.5 Å². The molecule has 1 aromatic heterocycles. The van der Waals surface area contributed by atoms with Gasteiger partial charge in [0.15, 0.2) is 12.7 Å². The third-order valence-corrected chi connectivity index (χ3v) is 9.33. The van der Waals surface area contributed by atoms with Crippen LogP contribution >= 0.6 is 7.82 Å². The summed E-state index contributed by atoms with van der Waals surface area (Å²) in [6.07, 6.45) is 20.4. The molecule has 0 bridgehead atoms. The minimum absolute atomic E-state index is 0.270. The van der Waals surface area contributed by atoms with E-state index in [1.54, 1.807) is 24.3 Å². The van der Waals surface area contributed by atoms with E-state index >= 15 is 0 Å². The van der Waals surface area contributed by atoms with Crippen molar-refractivity contribution < 1.29 is 27.8 Å². The maximum Gasteiger partial charge on any atom is 0.584 e. The Kier molecular flexibility index (Phi) is 14.9. The van der Waals surface area contributed by atoms with Gasteiger partial charge in [0, 0.05) is 28.6 Å². The molecule has 1 atom stereocenters. The fraction of sp³-hybridized carbons (Fsp3) is 0.462. The number of rotatable bonds is 22. The highest BCUT2D eigenvalue weighted by molar-refractivity contribution is 7.48. The van der Waals surface area contributed by atoms with Crippen molar-refractivity contribution in [3.63, 3.8) is 0 Å². The van der Waals surface area contributed by atoms with Crippen LogP contribution in [0, 0.1) is 6.92 Å². The smallest absolute Gasteiger partial charge is 0.493 e. The summed E-state index contributed by atoms with van der Waals surface area (Å²) in [7, 11) is -4.45. The lowest BCUT2D eigenvalue weighted by Gasteiger charge is -2.17. The van der Waals surface area contributed by atoms with Gasteiger partial charge in [0.05, 0.1) is 6.61 Å². The third kappa shape index (κ3) is 12.1. The van der Waals surface area contributed by atoms with Crippen LogP contribution in [0.4, 0.5) is 0 Å². The van der Waals surface area contributed by atoms with Gasteiger partial charge in [-0.1, -0.05) is 121 Å². The predicted molar refractivity (Wildman–Crippen MR) is 188 cm³/mol. The Morgan fingerprint density at radius 3 is 2.00 bits per heavy atom. The van der Waals surface area contributed by atoms with E-state index < -0.39 is 7.82 Å². The largest absolute Gasteiger partial charge is 0.584 e. The van der Waals surface area contributed by atoms with Crippen molar-refractivity contribution in [3.05, 3.63) is 96.2 Å². The fourth-order valence-corrected chi connectivity index (χ4v) is 6.72. The molecule has 0 aliphatic carbocycles. The number of hydrogen-bond donors (Lipinski definition) is 1. The highest BCUT2D eigenvalue weighted by Gasteiger charge is 2.27. The molecule has 0 fully saturated rings. The summed E-state index contributed by atoms with van der Waals surface area (Å²) >= 11 is 0. The van der Waals surface area contributed by atoms with Gasteiger partial charge < -0.3 is 13.8 Å². The summed E-state index contributed by atoms with van der Waals surface area (Å²) in [4.78, 5) is 10.6. The lowest BCUT2D eigenvalue weighted by molar-refractivity contribution is -0.662. The number of pyridine rings is 1. The van der Waals surface area contributed by atoms with Crippen molar-refractivity contribution in [3.8, 4) is 17.2 Å². The van der Waals surface area contributed by atoms with Crippen molar-refractivity contribution in [1.82, 2.24) is 0 Å². The fourth-order valence-electron chi connectivity index (χ4n) is 5.86. The van der Waals surface area contributed by atoms with Crippen LogP contribution in [-0.4, -0.2) is 11.5 Å². The van der Waals surface area contributed by atoms with Gasteiger partial charge in [-0.05, 0) is 49.7 Å². The van der Waals surface area contributed by atoms with Gasteiger partial charge in [-0.3, -0.25) is 4.89 Å². The number of phosphoric ester groups is 1. The van der Waals surface area contributed by atoms with Crippen LogP contribution in [-0.2, 0) is 11.1 Å². The zero-order chi connectivity index (χ0) is 32.5. The second-order valence-electron chi connectivity index (χ2n) is 12.3. The van der Waals surface area contributed by atoms with Gasteiger partial charge in [0.25, 0.3) is 0 Å². The molecule has 1 N–H and O–H groups in total. The van der Waals surface area contributed by atoms with Crippen LogP contribution in [0.2, 0.25) is 0 Å². The Hall–Kier alpha value is -3.34. The van der Waals surface area contributed by atoms with Gasteiger partial charge in [0.1, 0.15) is 17.2 Å². The molecule has 4 rings (SSSR count). The van der Waals surface area contributed by atoms with Crippen LogP contribution in [0.5, 0.6) is 17.2 Å². The highest BCUT2D eigenvalue weighted by atomic mass is 31.2. The molecule has 0 saturated carbocycles. The Morgan fingerprint density at radius 2 is 1.28 bits per heavy atom. The SMILES string of the molecule is CCCCCCCCCCCCCCCCOc1cccc(OP(=O)(O)Oc2cccc(C[n+]3cccc4ccccc43)c2)c1C. The summed E-state index contributed by atoms with van der Waals surface area (Å²) < 4.78 is 32.2. The molecule has 0 amide bonds. The molecule has 0 aliphatic heterocycles. The summed E-state index contributed by atoms with van der Waals surface area (Å²) in [5.74, 6) is 1.19. The minimum atomic E-state index is -4.45. The summed E-state index contributed by atoms with van der Waals surface area (Å²) in [6.45, 7) is 5.30. The minimum Gasteiger partial charge on any atom is -0.493 e. The molecule has 4 aromatic rings. The van der Waals surface area contributed by atoms with Crippen LogP contribution in [0.1, 0.15) is 108 Å². The van der Waals surface area contributed by atoms with Gasteiger partial charge in [-0.2, -0.15) is 4.57 Å². The number of para-hydroxylation sites is 1. The first-order valence-corrected chi connectivity index (χ1v) is 18.9. The number of phosphoric acid groups is 1. The van der Waals surface area contributed by atoms with Crippen molar-refractivity contribution >= 4 is 18.7 Å². The third-order valence-electron chi connectivity index (χ3n) is 8.46. The molecule has 0 spiro atoms. The molecule has 0 radical (unpaired) electrons. The molecule has 3 aromatic carbocycles.